The van der Waals surface area contributed by atoms with Crippen LogP contribution >= 0.6 is 12.2 Å². The number of nitriles is 1. The Hall–Kier alpha value is -1.81. The van der Waals surface area contributed by atoms with Crippen molar-refractivity contribution in [3.05, 3.63) is 29.3 Å². The minimum Gasteiger partial charge on any atom is -0.376 e. The predicted molar refractivity (Wildman–Crippen MR) is 56.6 cm³/mol. The maximum absolute atomic E-state index is 12.5. The quantitative estimate of drug-likeness (QED) is 0.745. The topological polar surface area (TPSA) is 61.8 Å². The number of halogens is 3. The van der Waals surface area contributed by atoms with Crippen LogP contribution in [-0.4, -0.2) is 5.11 Å². The molecule has 84 valence electrons. The van der Waals surface area contributed by atoms with Gasteiger partial charge in [-0.1, -0.05) is 0 Å². The Bertz CT molecular complexity index is 462. The van der Waals surface area contributed by atoms with Crippen LogP contribution in [0.15, 0.2) is 18.2 Å². The Morgan fingerprint density at radius 1 is 1.44 bits per heavy atom. The molecule has 0 aliphatic rings. The van der Waals surface area contributed by atoms with Crippen molar-refractivity contribution in [3.63, 3.8) is 0 Å². The van der Waals surface area contributed by atoms with Crippen LogP contribution < -0.4 is 11.1 Å². The highest BCUT2D eigenvalue weighted by atomic mass is 32.1. The molecule has 0 aromatic heterocycles. The summed E-state index contributed by atoms with van der Waals surface area (Å²) in [5.74, 6) is 0. The lowest BCUT2D eigenvalue weighted by atomic mass is 10.1. The summed E-state index contributed by atoms with van der Waals surface area (Å²) in [7, 11) is 0. The van der Waals surface area contributed by atoms with Gasteiger partial charge in [0.05, 0.1) is 17.2 Å². The first-order valence-corrected chi connectivity index (χ1v) is 4.43. The number of nitrogens with one attached hydrogen (secondary N) is 1. The lowest BCUT2D eigenvalue weighted by molar-refractivity contribution is -0.137. The van der Waals surface area contributed by atoms with Gasteiger partial charge in [0, 0.05) is 5.69 Å². The van der Waals surface area contributed by atoms with Gasteiger partial charge in [-0.15, -0.1) is 0 Å². The second kappa shape index (κ2) is 4.37. The maximum atomic E-state index is 12.5. The molecular formula is C9H6F3N3S. The van der Waals surface area contributed by atoms with Gasteiger partial charge in [0.15, 0.2) is 5.11 Å². The molecule has 0 spiro atoms. The van der Waals surface area contributed by atoms with Crippen LogP contribution in [0.2, 0.25) is 0 Å². The van der Waals surface area contributed by atoms with Gasteiger partial charge in [-0.25, -0.2) is 0 Å². The second-order valence-electron chi connectivity index (χ2n) is 2.86. The molecule has 7 heteroatoms. The SMILES string of the molecule is N#Cc1ccc(NC(N)=S)cc1C(F)(F)F. The molecule has 0 amide bonds. The van der Waals surface area contributed by atoms with Crippen molar-refractivity contribution in [2.24, 2.45) is 5.73 Å². The van der Waals surface area contributed by atoms with E-state index in [9.17, 15) is 13.2 Å². The highest BCUT2D eigenvalue weighted by Gasteiger charge is 2.33. The Balaban J connectivity index is 3.23. The summed E-state index contributed by atoms with van der Waals surface area (Å²) in [6.07, 6.45) is -4.58. The van der Waals surface area contributed by atoms with E-state index in [0.717, 1.165) is 12.1 Å². The van der Waals surface area contributed by atoms with Crippen molar-refractivity contribution < 1.29 is 13.2 Å². The van der Waals surface area contributed by atoms with Crippen LogP contribution in [-0.2, 0) is 6.18 Å². The van der Waals surface area contributed by atoms with Gasteiger partial charge in [0.2, 0.25) is 0 Å². The van der Waals surface area contributed by atoms with Crippen LogP contribution in [0.3, 0.4) is 0 Å². The average Bonchev–Trinajstić information content (AvgIpc) is 2.15. The van der Waals surface area contributed by atoms with Crippen molar-refractivity contribution in [2.75, 3.05) is 5.32 Å². The van der Waals surface area contributed by atoms with Gasteiger partial charge in [0.25, 0.3) is 0 Å². The first-order chi connectivity index (χ1) is 7.34. The van der Waals surface area contributed by atoms with Gasteiger partial charge in [-0.3, -0.25) is 0 Å². The number of hydrogen-bond acceptors (Lipinski definition) is 2. The Morgan fingerprint density at radius 2 is 2.06 bits per heavy atom. The third-order valence-electron chi connectivity index (χ3n) is 1.71. The Labute approximate surface area is 94.7 Å². The predicted octanol–water partition coefficient (Wildman–Crippen LogP) is 2.23. The average molecular weight is 245 g/mol. The van der Waals surface area contributed by atoms with Crippen molar-refractivity contribution >= 4 is 23.0 Å². The van der Waals surface area contributed by atoms with E-state index in [1.54, 1.807) is 0 Å². The third-order valence-corrected chi connectivity index (χ3v) is 1.82. The number of benzene rings is 1. The fraction of sp³-hybridized carbons (Fsp3) is 0.111. The highest BCUT2D eigenvalue weighted by Crippen LogP contribution is 2.33. The Morgan fingerprint density at radius 3 is 2.50 bits per heavy atom. The zero-order chi connectivity index (χ0) is 12.3. The van der Waals surface area contributed by atoms with Crippen molar-refractivity contribution in [2.45, 2.75) is 6.18 Å². The van der Waals surface area contributed by atoms with Crippen LogP contribution in [0.1, 0.15) is 11.1 Å². The summed E-state index contributed by atoms with van der Waals surface area (Å²) in [6.45, 7) is 0. The molecule has 3 nitrogen and oxygen atoms in total. The summed E-state index contributed by atoms with van der Waals surface area (Å²) in [4.78, 5) is 0. The molecule has 0 aliphatic carbocycles. The zero-order valence-corrected chi connectivity index (χ0v) is 8.62. The van der Waals surface area contributed by atoms with Crippen LogP contribution in [0.4, 0.5) is 18.9 Å². The number of anilines is 1. The highest BCUT2D eigenvalue weighted by molar-refractivity contribution is 7.80. The van der Waals surface area contributed by atoms with Crippen LogP contribution in [0, 0.1) is 11.3 Å². The van der Waals surface area contributed by atoms with E-state index in [0.29, 0.717) is 0 Å². The van der Waals surface area contributed by atoms with Crippen LogP contribution in [0.5, 0.6) is 0 Å². The van der Waals surface area contributed by atoms with Gasteiger partial charge in [-0.2, -0.15) is 18.4 Å². The molecule has 1 aromatic rings. The summed E-state index contributed by atoms with van der Waals surface area (Å²) in [5.41, 5.74) is 3.76. The normalized spacial score (nSPS) is 10.6. The van der Waals surface area contributed by atoms with Crippen molar-refractivity contribution in [3.8, 4) is 6.07 Å². The van der Waals surface area contributed by atoms with Gasteiger partial charge < -0.3 is 11.1 Å². The molecule has 0 saturated heterocycles. The summed E-state index contributed by atoms with van der Waals surface area (Å²) < 4.78 is 37.5. The van der Waals surface area contributed by atoms with E-state index in [4.69, 9.17) is 11.0 Å². The molecule has 0 bridgehead atoms. The number of alkyl halides is 3. The standard InChI is InChI=1S/C9H6F3N3S/c10-9(11,12)7-3-6(15-8(14)16)2-1-5(7)4-13/h1-3H,(H3,14,15,16). The summed E-state index contributed by atoms with van der Waals surface area (Å²) >= 11 is 4.50. The minimum absolute atomic E-state index is 0.0961. The van der Waals surface area contributed by atoms with Gasteiger partial charge >= 0.3 is 6.18 Å². The molecule has 0 radical (unpaired) electrons. The van der Waals surface area contributed by atoms with E-state index >= 15 is 0 Å². The molecule has 16 heavy (non-hydrogen) atoms. The second-order valence-corrected chi connectivity index (χ2v) is 3.30. The molecule has 0 heterocycles. The van der Waals surface area contributed by atoms with E-state index in [-0.39, 0.29) is 10.8 Å². The summed E-state index contributed by atoms with van der Waals surface area (Å²) in [6, 6.07) is 4.62. The van der Waals surface area contributed by atoms with Crippen molar-refractivity contribution in [1.82, 2.24) is 0 Å². The molecule has 1 aromatic carbocycles. The first kappa shape index (κ1) is 12.3. The molecule has 0 fully saturated rings. The van der Waals surface area contributed by atoms with E-state index in [1.165, 1.54) is 12.1 Å². The van der Waals surface area contributed by atoms with Crippen molar-refractivity contribution in [1.29, 1.82) is 5.26 Å². The largest absolute Gasteiger partial charge is 0.417 e. The molecular weight excluding hydrogens is 239 g/mol. The fourth-order valence-electron chi connectivity index (χ4n) is 1.10. The fourth-order valence-corrected chi connectivity index (χ4v) is 1.21. The third kappa shape index (κ3) is 2.84. The molecule has 0 atom stereocenters. The van der Waals surface area contributed by atoms with Gasteiger partial charge in [0.1, 0.15) is 0 Å². The molecule has 1 rings (SSSR count). The lowest BCUT2D eigenvalue weighted by Crippen LogP contribution is -2.19. The molecule has 0 saturated carbocycles. The smallest absolute Gasteiger partial charge is 0.376 e. The molecule has 0 unspecified atom stereocenters. The lowest BCUT2D eigenvalue weighted by Gasteiger charge is -2.11. The Kier molecular flexibility index (Phi) is 3.34. The number of thiocarbonyl (C=S) groups is 1. The van der Waals surface area contributed by atoms with Gasteiger partial charge in [-0.05, 0) is 30.4 Å². The number of hydrogen-bond donors (Lipinski definition) is 2. The number of rotatable bonds is 1. The van der Waals surface area contributed by atoms with E-state index in [2.05, 4.69) is 17.5 Å². The zero-order valence-electron chi connectivity index (χ0n) is 7.80. The van der Waals surface area contributed by atoms with E-state index in [1.807, 2.05) is 0 Å². The summed E-state index contributed by atoms with van der Waals surface area (Å²) in [5, 5.41) is 10.8. The number of nitrogens with two attached hydrogens (primary N) is 1. The maximum Gasteiger partial charge on any atom is 0.417 e. The van der Waals surface area contributed by atoms with Crippen LogP contribution in [0.25, 0.3) is 0 Å². The first-order valence-electron chi connectivity index (χ1n) is 4.02. The number of nitrogens with zero attached hydrogens (tertiary/aromatic N) is 1. The van der Waals surface area contributed by atoms with E-state index < -0.39 is 17.3 Å². The molecule has 3 N–H and O–H groups in total. The molecule has 0 aliphatic heterocycles. The minimum atomic E-state index is -4.58. The monoisotopic (exact) mass is 245 g/mol.